The molecule has 0 radical (unpaired) electrons. The van der Waals surface area contributed by atoms with Crippen LogP contribution in [0.4, 0.5) is 0 Å². The summed E-state index contributed by atoms with van der Waals surface area (Å²) in [6.45, 7) is 3.64. The number of ketones is 1. The Kier molecular flexibility index (Phi) is 19.6. The first-order valence-electron chi connectivity index (χ1n) is 30.0. The van der Waals surface area contributed by atoms with Gasteiger partial charge in [0, 0.05) is 72.8 Å². The number of Topliss-reactive ketones (excluding diaryl/α,β-unsaturated/α-hetero) is 1. The fraction of sp³-hybridized carbons (Fsp3) is 0.631. The van der Waals surface area contributed by atoms with E-state index in [-0.39, 0.29) is 103 Å². The highest BCUT2D eigenvalue weighted by molar-refractivity contribution is 8.76. The second-order valence-electron chi connectivity index (χ2n) is 25.2. The number of hydrogen-bond donors (Lipinski definition) is 9. The van der Waals surface area contributed by atoms with Gasteiger partial charge in [-0.05, 0) is 153 Å². The molecule has 444 valence electrons. The van der Waals surface area contributed by atoms with Crippen molar-refractivity contribution in [2.75, 3.05) is 38.7 Å². The average molecular weight is 1160 g/mol. The molecule has 8 aliphatic rings. The Morgan fingerprint density at radius 1 is 0.902 bits per heavy atom. The van der Waals surface area contributed by atoms with E-state index in [2.05, 4.69) is 54.2 Å². The summed E-state index contributed by atoms with van der Waals surface area (Å²) in [6, 6.07) is 12.4. The Bertz CT molecular complexity index is 2890. The summed E-state index contributed by atoms with van der Waals surface area (Å²) in [7, 11) is 5.25. The molecule has 3 aromatic rings. The van der Waals surface area contributed by atoms with Crippen molar-refractivity contribution in [1.29, 1.82) is 0 Å². The van der Waals surface area contributed by atoms with Crippen LogP contribution in [0.1, 0.15) is 144 Å². The van der Waals surface area contributed by atoms with Crippen LogP contribution >= 0.6 is 21.6 Å². The molecule has 0 aromatic heterocycles. The van der Waals surface area contributed by atoms with Crippen LogP contribution < -0.4 is 30.6 Å². The van der Waals surface area contributed by atoms with E-state index in [4.69, 9.17) is 29.7 Å². The molecule has 3 fully saturated rings. The maximum atomic E-state index is 13.5. The molecule has 10 N–H and O–H groups in total. The molecule has 15 nitrogen and oxygen atoms in total. The van der Waals surface area contributed by atoms with Gasteiger partial charge in [-0.2, -0.15) is 0 Å². The molecular formula is C65H86N4O11S2. The number of benzene rings is 3. The van der Waals surface area contributed by atoms with Crippen molar-refractivity contribution in [2.24, 2.45) is 51.1 Å². The topological polar surface area (TPSA) is 238 Å². The maximum Gasteiger partial charge on any atom is 0.201 e. The van der Waals surface area contributed by atoms with Gasteiger partial charge in [0.15, 0.2) is 35.8 Å². The van der Waals surface area contributed by atoms with Crippen molar-refractivity contribution >= 4 is 33.3 Å². The van der Waals surface area contributed by atoms with Gasteiger partial charge in [-0.25, -0.2) is 4.99 Å². The molecule has 11 atom stereocenters. The molecule has 4 heterocycles. The van der Waals surface area contributed by atoms with E-state index >= 15 is 0 Å². The number of aliphatic imine (C=N–C) groups is 1. The highest BCUT2D eigenvalue weighted by Crippen LogP contribution is 2.60. The van der Waals surface area contributed by atoms with Gasteiger partial charge in [0.1, 0.15) is 18.3 Å². The number of ether oxygens (including phenoxy) is 4. The number of phenolic OH excluding ortho intramolecular Hbond substituents is 2. The second kappa shape index (κ2) is 26.6. The number of fused-ring (bicyclic) bond motifs is 7. The van der Waals surface area contributed by atoms with Gasteiger partial charge in [0.2, 0.25) is 6.29 Å². The lowest BCUT2D eigenvalue weighted by atomic mass is 9.55. The molecule has 4 aliphatic carbocycles. The van der Waals surface area contributed by atoms with Crippen LogP contribution in [0.2, 0.25) is 0 Å². The number of phenols is 2. The number of guanidine groups is 1. The Labute approximate surface area is 492 Å². The standard InChI is InChI=1S/C65H86N4O11S2/c1-40(2)55-36-82-81-35-53-52-31-51-44-14-19-49(74)30-48(73)18-13-43-15-20-56(75)59(79-39-71)50(43)9-6-8-45(29-44)58(60(51)80-61(52)76)78-38-67-65(25-7-10-54(53)68-62(66)69-55)37-63(26-21-42(32-63)28-41-11-16-47(72)17-12-41)27-22-46(65)33-64(23-4-5-24-64)57(34-70)77-3/h11-12,15-17,20,29,40,42,46,49,52-55,57,61,67,70-72,74-76H,4-5,8,13-14,18-19,21-28,30-39H2,1-3H3,(H3,66,68,69). The van der Waals surface area contributed by atoms with Crippen molar-refractivity contribution in [2.45, 2.75) is 178 Å². The van der Waals surface area contributed by atoms with Crippen LogP contribution in [0.25, 0.3) is 0 Å². The third kappa shape index (κ3) is 13.5. The normalized spacial score (nSPS) is 30.7. The minimum Gasteiger partial charge on any atom is -0.508 e. The smallest absolute Gasteiger partial charge is 0.201 e. The van der Waals surface area contributed by atoms with Crippen molar-refractivity contribution in [3.05, 3.63) is 75.8 Å². The minimum absolute atomic E-state index is 0.0110. The van der Waals surface area contributed by atoms with Gasteiger partial charge in [0.05, 0.1) is 36.5 Å². The Hall–Kier alpha value is -4.82. The van der Waals surface area contributed by atoms with Crippen molar-refractivity contribution < 1.29 is 54.4 Å². The molecule has 82 heavy (non-hydrogen) atoms. The zero-order valence-electron chi connectivity index (χ0n) is 48.1. The molecule has 4 aliphatic heterocycles. The van der Waals surface area contributed by atoms with E-state index in [1.807, 2.05) is 12.1 Å². The quantitative estimate of drug-likeness (QED) is 0.0528. The number of methoxy groups -OCH3 is 1. The lowest BCUT2D eigenvalue weighted by Crippen LogP contribution is -2.59. The molecule has 0 saturated heterocycles. The monoisotopic (exact) mass is 1160 g/mol. The SMILES string of the molecule is COC(CO)C1(CC2CCC3(CCC(Cc4ccc(O)cc4)C3)CC23CC#CC2NC(N)=NC(C(C)C)CSSCC2C2Cc4c5cc(c(c4OC2O)OCN3)CC#Cc2c(ccc(O)c2OCO)CCC(=O)CC(O)CC5)CCCC1. The Balaban J connectivity index is 1.12. The number of aryl methyl sites for hydroxylation is 2. The lowest BCUT2D eigenvalue weighted by molar-refractivity contribution is -0.121. The zero-order chi connectivity index (χ0) is 57.6. The van der Waals surface area contributed by atoms with Gasteiger partial charge in [-0.3, -0.25) is 10.1 Å². The Morgan fingerprint density at radius 3 is 2.46 bits per heavy atom. The number of aliphatic hydroxyl groups is 4. The van der Waals surface area contributed by atoms with Gasteiger partial charge < -0.3 is 60.6 Å². The van der Waals surface area contributed by atoms with Crippen LogP contribution in [0.15, 0.2) is 47.5 Å². The summed E-state index contributed by atoms with van der Waals surface area (Å²) in [5, 5.41) is 73.9. The molecule has 11 rings (SSSR count). The fourth-order valence-electron chi connectivity index (χ4n) is 15.3. The number of nitrogens with two attached hydrogens (primary N) is 1. The van der Waals surface area contributed by atoms with E-state index < -0.39 is 36.7 Å². The van der Waals surface area contributed by atoms with Crippen LogP contribution in [-0.2, 0) is 41.6 Å². The minimum atomic E-state index is -1.27. The summed E-state index contributed by atoms with van der Waals surface area (Å²) >= 11 is 0. The van der Waals surface area contributed by atoms with Crippen molar-refractivity contribution in [3.63, 3.8) is 0 Å². The van der Waals surface area contributed by atoms with Crippen LogP contribution in [0, 0.1) is 64.1 Å². The third-order valence-electron chi connectivity index (χ3n) is 19.7. The second-order valence-corrected chi connectivity index (χ2v) is 27.8. The number of aromatic hydroxyl groups is 2. The molecule has 11 unspecified atom stereocenters. The first-order chi connectivity index (χ1) is 39.6. The summed E-state index contributed by atoms with van der Waals surface area (Å²) in [4.78, 5) is 18.5. The highest BCUT2D eigenvalue weighted by Gasteiger charge is 2.55. The van der Waals surface area contributed by atoms with E-state index in [1.165, 1.54) is 11.6 Å². The number of nitrogens with zero attached hydrogens (tertiary/aromatic N) is 1. The fourth-order valence-corrected chi connectivity index (χ4v) is 18.2. The van der Waals surface area contributed by atoms with Crippen molar-refractivity contribution in [3.8, 4) is 52.4 Å². The van der Waals surface area contributed by atoms with E-state index in [1.54, 1.807) is 46.9 Å². The van der Waals surface area contributed by atoms with Crippen LogP contribution in [-0.4, -0.2) is 117 Å². The first kappa shape index (κ1) is 60.3. The summed E-state index contributed by atoms with van der Waals surface area (Å²) < 4.78 is 25.9. The summed E-state index contributed by atoms with van der Waals surface area (Å²) in [5.41, 5.74) is 10.8. The summed E-state index contributed by atoms with van der Waals surface area (Å²) in [6.07, 6.45) is 11.6. The highest BCUT2D eigenvalue weighted by atomic mass is 33.1. The number of rotatable bonds is 10. The van der Waals surface area contributed by atoms with Crippen LogP contribution in [0.3, 0.4) is 0 Å². The van der Waals surface area contributed by atoms with Gasteiger partial charge >= 0.3 is 0 Å². The van der Waals surface area contributed by atoms with E-state index in [0.29, 0.717) is 71.5 Å². The molecule has 2 spiro atoms. The average Bonchev–Trinajstić information content (AvgIpc) is 4.01. The number of aliphatic hydroxyl groups excluding tert-OH is 4. The predicted molar refractivity (Wildman–Crippen MR) is 321 cm³/mol. The number of nitrogens with one attached hydrogen (secondary N) is 2. The summed E-state index contributed by atoms with van der Waals surface area (Å²) in [5.74, 6) is 16.9. The largest absolute Gasteiger partial charge is 0.508 e. The lowest BCUT2D eigenvalue weighted by Gasteiger charge is -2.54. The zero-order valence-corrected chi connectivity index (χ0v) is 49.7. The van der Waals surface area contributed by atoms with Gasteiger partial charge in [-0.15, -0.1) is 0 Å². The van der Waals surface area contributed by atoms with Crippen LogP contribution in [0.5, 0.6) is 28.7 Å². The molecule has 6 bridgehead atoms. The third-order valence-corrected chi connectivity index (χ3v) is 22.2. The Morgan fingerprint density at radius 2 is 1.70 bits per heavy atom. The van der Waals surface area contributed by atoms with E-state index in [0.717, 1.165) is 93.9 Å². The number of hydrogen-bond acceptors (Lipinski definition) is 17. The van der Waals surface area contributed by atoms with Gasteiger partial charge in [0.25, 0.3) is 0 Å². The molecule has 3 aromatic carbocycles. The first-order valence-corrected chi connectivity index (χ1v) is 32.5. The maximum absolute atomic E-state index is 13.5. The molecule has 0 amide bonds. The predicted octanol–water partition coefficient (Wildman–Crippen LogP) is 8.26. The van der Waals surface area contributed by atoms with Crippen molar-refractivity contribution in [1.82, 2.24) is 10.6 Å². The molecular weight excluding hydrogens is 1080 g/mol. The van der Waals surface area contributed by atoms with E-state index in [9.17, 15) is 35.4 Å². The van der Waals surface area contributed by atoms with Gasteiger partial charge in [-0.1, -0.05) is 96.2 Å². The number of carbonyl (C=O) groups excluding carboxylic acids is 1. The molecule has 3 saturated carbocycles. The number of carbonyl (C=O) groups is 1. The molecule has 17 heteroatoms.